The standard InChI is InChI=1S/C58H38N2/c1-2-13-44(14-3-1)53-38-57(60-55-34-33-45-15-8-9-19-52(45)58(53)55)46-29-25-42(26-30-46)41-21-23-43(24-22-41)49-18-10-20-54(50-31-27-39-11-4-6-16-47(39)35-50)59-56(37-49)51-32-28-40-12-5-7-17-48(40)36-51/h1-38H/b18-10+,20-10?,49-18?,49-37+,54-20+,56-37?,59-54?,59-56+. The number of allylic oxidation sites excluding steroid dienone is 5. The van der Waals surface area contributed by atoms with Gasteiger partial charge in [-0.05, 0) is 102 Å². The summed E-state index contributed by atoms with van der Waals surface area (Å²) in [5.74, 6) is 0. The minimum Gasteiger partial charge on any atom is -0.248 e. The average molecular weight is 763 g/mol. The maximum absolute atomic E-state index is 5.36. The van der Waals surface area contributed by atoms with E-state index in [0.717, 1.165) is 61.6 Å². The maximum Gasteiger partial charge on any atom is 0.0722 e. The monoisotopic (exact) mass is 762 g/mol. The van der Waals surface area contributed by atoms with Crippen molar-refractivity contribution in [2.45, 2.75) is 0 Å². The second-order valence-corrected chi connectivity index (χ2v) is 15.4. The van der Waals surface area contributed by atoms with Crippen LogP contribution in [0.1, 0.15) is 16.7 Å². The van der Waals surface area contributed by atoms with Crippen molar-refractivity contribution in [3.05, 3.63) is 247 Å². The molecule has 2 heterocycles. The van der Waals surface area contributed by atoms with Gasteiger partial charge in [0.25, 0.3) is 0 Å². The summed E-state index contributed by atoms with van der Waals surface area (Å²) in [7, 11) is 0. The van der Waals surface area contributed by atoms with Gasteiger partial charge in [-0.2, -0.15) is 0 Å². The van der Waals surface area contributed by atoms with Gasteiger partial charge < -0.3 is 0 Å². The molecule has 0 saturated carbocycles. The molecule has 280 valence electrons. The third-order valence-corrected chi connectivity index (χ3v) is 11.7. The van der Waals surface area contributed by atoms with Crippen LogP contribution in [-0.2, 0) is 0 Å². The zero-order valence-corrected chi connectivity index (χ0v) is 32.8. The molecule has 0 spiro atoms. The van der Waals surface area contributed by atoms with Gasteiger partial charge in [0.05, 0.1) is 22.6 Å². The number of aromatic nitrogens is 1. The molecule has 9 aromatic carbocycles. The Hall–Kier alpha value is -7.94. The molecule has 1 aliphatic heterocycles. The fourth-order valence-electron chi connectivity index (χ4n) is 8.51. The van der Waals surface area contributed by atoms with Crippen molar-refractivity contribution >= 4 is 60.2 Å². The zero-order valence-electron chi connectivity index (χ0n) is 32.8. The fourth-order valence-corrected chi connectivity index (χ4v) is 8.51. The first-order valence-corrected chi connectivity index (χ1v) is 20.5. The molecule has 0 atom stereocenters. The Bertz CT molecular complexity index is 3390. The van der Waals surface area contributed by atoms with E-state index in [9.17, 15) is 0 Å². The summed E-state index contributed by atoms with van der Waals surface area (Å²) in [6.45, 7) is 0. The molecule has 0 radical (unpaired) electrons. The van der Waals surface area contributed by atoms with E-state index in [-0.39, 0.29) is 0 Å². The van der Waals surface area contributed by atoms with E-state index in [4.69, 9.17) is 9.98 Å². The van der Waals surface area contributed by atoms with Crippen LogP contribution < -0.4 is 0 Å². The molecule has 11 rings (SSSR count). The highest BCUT2D eigenvalue weighted by Crippen LogP contribution is 2.37. The van der Waals surface area contributed by atoms with E-state index >= 15 is 0 Å². The molecule has 0 saturated heterocycles. The first-order chi connectivity index (χ1) is 29.7. The number of hydrogen-bond donors (Lipinski definition) is 0. The molecular formula is C58H38N2. The number of pyridine rings is 1. The molecule has 1 aliphatic rings. The van der Waals surface area contributed by atoms with Gasteiger partial charge in [0, 0.05) is 22.1 Å². The van der Waals surface area contributed by atoms with E-state index in [1.54, 1.807) is 0 Å². The van der Waals surface area contributed by atoms with Crippen LogP contribution in [0.25, 0.3) is 88.0 Å². The maximum atomic E-state index is 5.36. The summed E-state index contributed by atoms with van der Waals surface area (Å²) in [6.07, 6.45) is 8.67. The number of hydrogen-bond acceptors (Lipinski definition) is 2. The van der Waals surface area contributed by atoms with Gasteiger partial charge in [-0.1, -0.05) is 194 Å². The van der Waals surface area contributed by atoms with Crippen molar-refractivity contribution in [1.82, 2.24) is 4.98 Å². The number of benzene rings is 9. The predicted molar refractivity (Wildman–Crippen MR) is 255 cm³/mol. The van der Waals surface area contributed by atoms with Crippen LogP contribution in [0.3, 0.4) is 0 Å². The summed E-state index contributed by atoms with van der Waals surface area (Å²) in [5, 5.41) is 8.45. The lowest BCUT2D eigenvalue weighted by atomic mass is 9.94. The normalized spacial score (nSPS) is 16.0. The molecule has 2 heteroatoms. The zero-order chi connectivity index (χ0) is 39.8. The van der Waals surface area contributed by atoms with Gasteiger partial charge in [0.15, 0.2) is 0 Å². The quantitative estimate of drug-likeness (QED) is 0.155. The van der Waals surface area contributed by atoms with Crippen molar-refractivity contribution < 1.29 is 0 Å². The van der Waals surface area contributed by atoms with Gasteiger partial charge in [-0.3, -0.25) is 0 Å². The highest BCUT2D eigenvalue weighted by Gasteiger charge is 2.14. The lowest BCUT2D eigenvalue weighted by molar-refractivity contribution is 1.40. The molecule has 0 amide bonds. The second kappa shape index (κ2) is 15.1. The molecule has 60 heavy (non-hydrogen) atoms. The van der Waals surface area contributed by atoms with Crippen LogP contribution in [0.4, 0.5) is 0 Å². The van der Waals surface area contributed by atoms with E-state index in [1.165, 1.54) is 48.8 Å². The molecular weight excluding hydrogens is 725 g/mol. The molecule has 0 bridgehead atoms. The summed E-state index contributed by atoms with van der Waals surface area (Å²) < 4.78 is 0. The fraction of sp³-hybridized carbons (Fsp3) is 0. The van der Waals surface area contributed by atoms with Gasteiger partial charge in [0.2, 0.25) is 0 Å². The van der Waals surface area contributed by atoms with Gasteiger partial charge in [-0.15, -0.1) is 0 Å². The van der Waals surface area contributed by atoms with Gasteiger partial charge in [0.1, 0.15) is 0 Å². The minimum atomic E-state index is 0.921. The van der Waals surface area contributed by atoms with E-state index < -0.39 is 0 Å². The average Bonchev–Trinajstić information content (AvgIpc) is 3.31. The molecule has 10 aromatic rings. The topological polar surface area (TPSA) is 25.2 Å². The van der Waals surface area contributed by atoms with Gasteiger partial charge >= 0.3 is 0 Å². The largest absolute Gasteiger partial charge is 0.248 e. The Morgan fingerprint density at radius 1 is 0.367 bits per heavy atom. The smallest absolute Gasteiger partial charge is 0.0722 e. The second-order valence-electron chi connectivity index (χ2n) is 15.4. The molecule has 0 N–H and O–H groups in total. The molecule has 0 fully saturated rings. The number of fused-ring (bicyclic) bond motifs is 5. The molecule has 2 nitrogen and oxygen atoms in total. The van der Waals surface area contributed by atoms with E-state index in [1.807, 2.05) is 0 Å². The number of rotatable bonds is 6. The first-order valence-electron chi connectivity index (χ1n) is 20.5. The highest BCUT2D eigenvalue weighted by atomic mass is 14.8. The number of aliphatic imine (C=N–C) groups is 1. The van der Waals surface area contributed by atoms with Crippen LogP contribution in [0.5, 0.6) is 0 Å². The molecule has 1 aromatic heterocycles. The summed E-state index contributed by atoms with van der Waals surface area (Å²) >= 11 is 0. The summed E-state index contributed by atoms with van der Waals surface area (Å²) in [5.41, 5.74) is 14.0. The Morgan fingerprint density at radius 3 is 1.63 bits per heavy atom. The van der Waals surface area contributed by atoms with E-state index in [2.05, 4.69) is 231 Å². The third-order valence-electron chi connectivity index (χ3n) is 11.7. The van der Waals surface area contributed by atoms with Crippen LogP contribution in [-0.4, -0.2) is 10.7 Å². The lowest BCUT2D eigenvalue weighted by Crippen LogP contribution is -2.01. The lowest BCUT2D eigenvalue weighted by Gasteiger charge is -2.14. The molecule has 0 unspecified atom stereocenters. The third kappa shape index (κ3) is 6.70. The predicted octanol–water partition coefficient (Wildman–Crippen LogP) is 15.2. The van der Waals surface area contributed by atoms with Crippen LogP contribution in [0.2, 0.25) is 0 Å². The Kier molecular flexibility index (Phi) is 8.87. The minimum absolute atomic E-state index is 0.921. The van der Waals surface area contributed by atoms with Crippen molar-refractivity contribution in [2.75, 3.05) is 0 Å². The van der Waals surface area contributed by atoms with Gasteiger partial charge in [-0.25, -0.2) is 9.98 Å². The Morgan fingerprint density at radius 2 is 0.917 bits per heavy atom. The van der Waals surface area contributed by atoms with Crippen molar-refractivity contribution in [3.8, 4) is 33.5 Å². The highest BCUT2D eigenvalue weighted by molar-refractivity contribution is 6.17. The van der Waals surface area contributed by atoms with Crippen molar-refractivity contribution in [2.24, 2.45) is 4.99 Å². The molecule has 0 aliphatic carbocycles. The number of nitrogens with zero attached hydrogens (tertiary/aromatic N) is 2. The Labute approximate surface area is 349 Å². The van der Waals surface area contributed by atoms with Crippen molar-refractivity contribution in [3.63, 3.8) is 0 Å². The van der Waals surface area contributed by atoms with Crippen molar-refractivity contribution in [1.29, 1.82) is 0 Å². The Balaban J connectivity index is 0.925. The van der Waals surface area contributed by atoms with E-state index in [0.29, 0.717) is 0 Å². The SMILES string of the molecule is C1=C/C(c2ccc(-c3ccc(-c4cc(-c5ccccc5)c5c(ccc6ccccc65)n4)cc3)cc2)=C\C(c2ccc3ccccc3c2)=N/C(c2ccc3ccccc3c2)=C/1. The van der Waals surface area contributed by atoms with Crippen LogP contribution in [0.15, 0.2) is 236 Å². The van der Waals surface area contributed by atoms with Crippen LogP contribution in [0, 0.1) is 0 Å². The summed E-state index contributed by atoms with van der Waals surface area (Å²) in [4.78, 5) is 10.6. The van der Waals surface area contributed by atoms with Crippen LogP contribution >= 0.6 is 0 Å². The first kappa shape index (κ1) is 35.2. The summed E-state index contributed by atoms with van der Waals surface area (Å²) in [6, 6.07) is 73.7.